The van der Waals surface area contributed by atoms with Crippen molar-refractivity contribution >= 4 is 11.4 Å². The van der Waals surface area contributed by atoms with Crippen LogP contribution in [0.1, 0.15) is 24.1 Å². The van der Waals surface area contributed by atoms with Crippen LogP contribution in [0.15, 0.2) is 42.5 Å². The number of nitro groups is 1. The number of anilines is 1. The first kappa shape index (κ1) is 14.5. The Morgan fingerprint density at radius 3 is 2.67 bits per heavy atom. The lowest BCUT2D eigenvalue weighted by Crippen LogP contribution is -2.10. The molecule has 0 saturated heterocycles. The molecule has 5 nitrogen and oxygen atoms in total. The maximum atomic E-state index is 13.7. The van der Waals surface area contributed by atoms with E-state index in [4.69, 9.17) is 5.26 Å². The van der Waals surface area contributed by atoms with Gasteiger partial charge in [0, 0.05) is 11.6 Å². The molecule has 6 heteroatoms. The molecule has 2 aromatic rings. The van der Waals surface area contributed by atoms with Gasteiger partial charge >= 0.3 is 0 Å². The van der Waals surface area contributed by atoms with Gasteiger partial charge in [0.15, 0.2) is 0 Å². The first-order valence-corrected chi connectivity index (χ1v) is 6.22. The van der Waals surface area contributed by atoms with Crippen molar-refractivity contribution in [2.24, 2.45) is 0 Å². The molecule has 1 atom stereocenters. The SMILES string of the molecule is CC(Nc1cc(C#N)ccc1[N+](=O)[O-])c1ccccc1F. The zero-order chi connectivity index (χ0) is 15.4. The Kier molecular flexibility index (Phi) is 4.14. The van der Waals surface area contributed by atoms with Gasteiger partial charge in [-0.3, -0.25) is 10.1 Å². The van der Waals surface area contributed by atoms with E-state index in [1.807, 2.05) is 6.07 Å². The van der Waals surface area contributed by atoms with Crippen molar-refractivity contribution in [3.8, 4) is 6.07 Å². The molecule has 0 fully saturated rings. The summed E-state index contributed by atoms with van der Waals surface area (Å²) >= 11 is 0. The van der Waals surface area contributed by atoms with E-state index in [0.29, 0.717) is 11.1 Å². The normalized spacial score (nSPS) is 11.5. The predicted molar refractivity (Wildman–Crippen MR) is 76.2 cm³/mol. The Morgan fingerprint density at radius 1 is 1.33 bits per heavy atom. The molecule has 0 heterocycles. The van der Waals surface area contributed by atoms with E-state index in [2.05, 4.69) is 5.32 Å². The van der Waals surface area contributed by atoms with Crippen LogP contribution >= 0.6 is 0 Å². The molecule has 106 valence electrons. The van der Waals surface area contributed by atoms with Crippen LogP contribution in [0.2, 0.25) is 0 Å². The third kappa shape index (κ3) is 3.15. The predicted octanol–water partition coefficient (Wildman–Crippen LogP) is 3.78. The first-order valence-electron chi connectivity index (χ1n) is 6.22. The van der Waals surface area contributed by atoms with Gasteiger partial charge in [-0.1, -0.05) is 18.2 Å². The minimum absolute atomic E-state index is 0.155. The van der Waals surface area contributed by atoms with Gasteiger partial charge in [0.05, 0.1) is 22.6 Å². The smallest absolute Gasteiger partial charge is 0.292 e. The molecule has 0 aliphatic carbocycles. The molecule has 1 N–H and O–H groups in total. The number of hydrogen-bond acceptors (Lipinski definition) is 4. The number of halogens is 1. The summed E-state index contributed by atoms with van der Waals surface area (Å²) in [7, 11) is 0. The van der Waals surface area contributed by atoms with Gasteiger partial charge in [-0.15, -0.1) is 0 Å². The maximum absolute atomic E-state index is 13.7. The van der Waals surface area contributed by atoms with Crippen LogP contribution in [-0.4, -0.2) is 4.92 Å². The van der Waals surface area contributed by atoms with Crippen LogP contribution in [0.25, 0.3) is 0 Å². The number of nitrogens with zero attached hydrogens (tertiary/aromatic N) is 2. The van der Waals surface area contributed by atoms with Gasteiger partial charge in [-0.2, -0.15) is 5.26 Å². The average molecular weight is 285 g/mol. The van der Waals surface area contributed by atoms with Crippen LogP contribution in [-0.2, 0) is 0 Å². The molecular weight excluding hydrogens is 273 g/mol. The van der Waals surface area contributed by atoms with E-state index in [1.54, 1.807) is 25.1 Å². The minimum Gasteiger partial charge on any atom is -0.373 e. The second kappa shape index (κ2) is 6.01. The van der Waals surface area contributed by atoms with Crippen LogP contribution in [0.5, 0.6) is 0 Å². The van der Waals surface area contributed by atoms with Crippen LogP contribution in [0.4, 0.5) is 15.8 Å². The lowest BCUT2D eigenvalue weighted by Gasteiger charge is -2.16. The van der Waals surface area contributed by atoms with E-state index in [0.717, 1.165) is 0 Å². The zero-order valence-corrected chi connectivity index (χ0v) is 11.2. The zero-order valence-electron chi connectivity index (χ0n) is 11.2. The number of rotatable bonds is 4. The monoisotopic (exact) mass is 285 g/mol. The van der Waals surface area contributed by atoms with E-state index >= 15 is 0 Å². The summed E-state index contributed by atoms with van der Waals surface area (Å²) in [5, 5.41) is 22.8. The fraction of sp³-hybridized carbons (Fsp3) is 0.133. The summed E-state index contributed by atoms with van der Waals surface area (Å²) in [6.07, 6.45) is 0. The van der Waals surface area contributed by atoms with Crippen LogP contribution in [0.3, 0.4) is 0 Å². The van der Waals surface area contributed by atoms with E-state index in [-0.39, 0.29) is 11.4 Å². The number of hydrogen-bond donors (Lipinski definition) is 1. The Labute approximate surface area is 120 Å². The average Bonchev–Trinajstić information content (AvgIpc) is 2.47. The Morgan fingerprint density at radius 2 is 2.05 bits per heavy atom. The van der Waals surface area contributed by atoms with E-state index in [1.165, 1.54) is 24.3 Å². The van der Waals surface area contributed by atoms with Crippen molar-refractivity contribution < 1.29 is 9.31 Å². The fourth-order valence-electron chi connectivity index (χ4n) is 2.02. The molecular formula is C15H12FN3O2. The molecule has 0 radical (unpaired) electrons. The molecule has 0 aromatic heterocycles. The van der Waals surface area contributed by atoms with E-state index in [9.17, 15) is 14.5 Å². The van der Waals surface area contributed by atoms with E-state index < -0.39 is 16.8 Å². The first-order chi connectivity index (χ1) is 10.0. The highest BCUT2D eigenvalue weighted by Gasteiger charge is 2.18. The summed E-state index contributed by atoms with van der Waals surface area (Å²) in [5.74, 6) is -0.392. The van der Waals surface area contributed by atoms with Gasteiger partial charge < -0.3 is 5.32 Å². The summed E-state index contributed by atoms with van der Waals surface area (Å²) in [4.78, 5) is 10.5. The highest BCUT2D eigenvalue weighted by Crippen LogP contribution is 2.29. The molecule has 1 unspecified atom stereocenters. The van der Waals surface area contributed by atoms with Crippen molar-refractivity contribution in [1.82, 2.24) is 0 Å². The maximum Gasteiger partial charge on any atom is 0.292 e. The van der Waals surface area contributed by atoms with Crippen molar-refractivity contribution in [3.05, 3.63) is 69.5 Å². The molecule has 0 amide bonds. The Hall–Kier alpha value is -2.94. The lowest BCUT2D eigenvalue weighted by molar-refractivity contribution is -0.384. The quantitative estimate of drug-likeness (QED) is 0.685. The van der Waals surface area contributed by atoms with Gasteiger partial charge in [-0.25, -0.2) is 4.39 Å². The van der Waals surface area contributed by atoms with Crippen molar-refractivity contribution in [2.45, 2.75) is 13.0 Å². The fourth-order valence-corrected chi connectivity index (χ4v) is 2.02. The van der Waals surface area contributed by atoms with Gasteiger partial charge in [0.1, 0.15) is 11.5 Å². The second-order valence-electron chi connectivity index (χ2n) is 4.49. The number of nitriles is 1. The third-order valence-electron chi connectivity index (χ3n) is 3.07. The van der Waals surface area contributed by atoms with Crippen molar-refractivity contribution in [2.75, 3.05) is 5.32 Å². The standard InChI is InChI=1S/C15H12FN3O2/c1-10(12-4-2-3-5-13(12)16)18-14-8-11(9-17)6-7-15(14)19(20)21/h2-8,10,18H,1H3. The summed E-state index contributed by atoms with van der Waals surface area (Å²) in [6, 6.07) is 11.7. The molecule has 0 spiro atoms. The molecule has 2 rings (SSSR count). The molecule has 0 saturated carbocycles. The summed E-state index contributed by atoms with van der Waals surface area (Å²) < 4.78 is 13.7. The topological polar surface area (TPSA) is 79.0 Å². The second-order valence-corrected chi connectivity index (χ2v) is 4.49. The lowest BCUT2D eigenvalue weighted by atomic mass is 10.1. The van der Waals surface area contributed by atoms with Gasteiger partial charge in [-0.05, 0) is 25.1 Å². The van der Waals surface area contributed by atoms with Gasteiger partial charge in [0.25, 0.3) is 5.69 Å². The molecule has 2 aromatic carbocycles. The minimum atomic E-state index is -0.544. The molecule has 0 aliphatic heterocycles. The summed E-state index contributed by atoms with van der Waals surface area (Å²) in [6.45, 7) is 1.70. The number of nitro benzene ring substituents is 1. The van der Waals surface area contributed by atoms with Crippen molar-refractivity contribution in [3.63, 3.8) is 0 Å². The van der Waals surface area contributed by atoms with Crippen LogP contribution in [0, 0.1) is 27.3 Å². The molecule has 0 bridgehead atoms. The van der Waals surface area contributed by atoms with Crippen molar-refractivity contribution in [1.29, 1.82) is 5.26 Å². The molecule has 0 aliphatic rings. The number of benzene rings is 2. The van der Waals surface area contributed by atoms with Gasteiger partial charge in [0.2, 0.25) is 0 Å². The number of nitrogens with one attached hydrogen (secondary N) is 1. The Balaban J connectivity index is 2.36. The Bertz CT molecular complexity index is 725. The largest absolute Gasteiger partial charge is 0.373 e. The third-order valence-corrected chi connectivity index (χ3v) is 3.07. The molecule has 21 heavy (non-hydrogen) atoms. The highest BCUT2D eigenvalue weighted by atomic mass is 19.1. The summed E-state index contributed by atoms with van der Waals surface area (Å²) in [5.41, 5.74) is 0.727. The highest BCUT2D eigenvalue weighted by molar-refractivity contribution is 5.65. The van der Waals surface area contributed by atoms with Crippen LogP contribution < -0.4 is 5.32 Å².